The number of aromatic nitrogens is 4. The van der Waals surface area contributed by atoms with E-state index >= 15 is 0 Å². The number of amides is 1. The molecule has 2 rings (SSSR count). The molecule has 0 aromatic carbocycles. The normalized spacial score (nSPS) is 10.4. The molecule has 0 radical (unpaired) electrons. The molecule has 0 fully saturated rings. The van der Waals surface area contributed by atoms with Gasteiger partial charge in [-0.3, -0.25) is 19.1 Å². The summed E-state index contributed by atoms with van der Waals surface area (Å²) in [5, 5.41) is 0. The van der Waals surface area contributed by atoms with Gasteiger partial charge in [0.25, 0.3) is 5.56 Å². The molecule has 100 valence electrons. The van der Waals surface area contributed by atoms with E-state index in [-0.39, 0.29) is 12.5 Å². The van der Waals surface area contributed by atoms with E-state index in [0.29, 0.717) is 12.4 Å². The lowest BCUT2D eigenvalue weighted by atomic mass is 10.4. The fraction of sp³-hybridized carbons (Fsp3) is 0.273. The van der Waals surface area contributed by atoms with Gasteiger partial charge in [0.1, 0.15) is 12.4 Å². The summed E-state index contributed by atoms with van der Waals surface area (Å²) >= 11 is 0. The molecule has 2 aromatic rings. The molecule has 0 bridgehead atoms. The van der Waals surface area contributed by atoms with Gasteiger partial charge in [-0.05, 0) is 0 Å². The highest BCUT2D eigenvalue weighted by Gasteiger charge is 2.11. The zero-order chi connectivity index (χ0) is 13.8. The zero-order valence-electron chi connectivity index (χ0n) is 10.3. The fourth-order valence-electron chi connectivity index (χ4n) is 1.53. The molecule has 0 aliphatic carbocycles. The molecule has 2 N–H and O–H groups in total. The van der Waals surface area contributed by atoms with Crippen molar-refractivity contribution in [1.82, 2.24) is 24.4 Å². The Labute approximate surface area is 107 Å². The van der Waals surface area contributed by atoms with Gasteiger partial charge in [0.2, 0.25) is 5.91 Å². The Morgan fingerprint density at radius 1 is 1.47 bits per heavy atom. The number of aromatic amines is 2. The molecule has 0 aliphatic heterocycles. The zero-order valence-corrected chi connectivity index (χ0v) is 10.3. The summed E-state index contributed by atoms with van der Waals surface area (Å²) < 4.78 is 1.14. The Balaban J connectivity index is 2.04. The van der Waals surface area contributed by atoms with Crippen LogP contribution >= 0.6 is 0 Å². The van der Waals surface area contributed by atoms with Gasteiger partial charge < -0.3 is 9.88 Å². The second-order valence-electron chi connectivity index (χ2n) is 4.02. The van der Waals surface area contributed by atoms with Crippen LogP contribution in [-0.2, 0) is 17.9 Å². The lowest BCUT2D eigenvalue weighted by Gasteiger charge is -2.16. The lowest BCUT2D eigenvalue weighted by Crippen LogP contribution is -2.36. The molecule has 2 aromatic heterocycles. The van der Waals surface area contributed by atoms with Gasteiger partial charge in [-0.15, -0.1) is 0 Å². The summed E-state index contributed by atoms with van der Waals surface area (Å²) in [6.45, 7) is 0.191. The van der Waals surface area contributed by atoms with Crippen molar-refractivity contribution in [3.8, 4) is 0 Å². The first-order chi connectivity index (χ1) is 9.06. The number of hydrogen-bond acceptors (Lipinski definition) is 4. The van der Waals surface area contributed by atoms with Crippen LogP contribution in [0.5, 0.6) is 0 Å². The van der Waals surface area contributed by atoms with Crippen molar-refractivity contribution in [3.63, 3.8) is 0 Å². The molecule has 0 saturated carbocycles. The minimum absolute atomic E-state index is 0.132. The lowest BCUT2D eigenvalue weighted by molar-refractivity contribution is -0.131. The molecule has 0 saturated heterocycles. The first-order valence-corrected chi connectivity index (χ1v) is 5.58. The van der Waals surface area contributed by atoms with Crippen LogP contribution in [0.15, 0.2) is 34.2 Å². The van der Waals surface area contributed by atoms with Gasteiger partial charge in [-0.2, -0.15) is 0 Å². The quantitative estimate of drug-likeness (QED) is 0.732. The summed E-state index contributed by atoms with van der Waals surface area (Å²) in [6.07, 6.45) is 4.56. The van der Waals surface area contributed by atoms with Crippen LogP contribution in [0.2, 0.25) is 0 Å². The van der Waals surface area contributed by atoms with E-state index in [1.54, 1.807) is 19.4 Å². The largest absolute Gasteiger partial charge is 0.347 e. The van der Waals surface area contributed by atoms with E-state index in [1.807, 2.05) is 0 Å². The van der Waals surface area contributed by atoms with Crippen molar-refractivity contribution in [1.29, 1.82) is 0 Å². The maximum atomic E-state index is 11.9. The summed E-state index contributed by atoms with van der Waals surface area (Å²) in [6, 6.07) is 1.20. The predicted molar refractivity (Wildman–Crippen MR) is 66.4 cm³/mol. The van der Waals surface area contributed by atoms with Crippen molar-refractivity contribution in [3.05, 3.63) is 51.3 Å². The molecule has 19 heavy (non-hydrogen) atoms. The number of carbonyl (C=O) groups excluding carboxylic acids is 1. The summed E-state index contributed by atoms with van der Waals surface area (Å²) in [5.41, 5.74) is -1.09. The number of rotatable bonds is 4. The summed E-state index contributed by atoms with van der Waals surface area (Å²) in [4.78, 5) is 44.7. The molecule has 2 heterocycles. The van der Waals surface area contributed by atoms with E-state index in [9.17, 15) is 14.4 Å². The third kappa shape index (κ3) is 3.18. The molecule has 8 nitrogen and oxygen atoms in total. The maximum absolute atomic E-state index is 11.9. The number of carbonyl (C=O) groups is 1. The second-order valence-corrected chi connectivity index (χ2v) is 4.02. The monoisotopic (exact) mass is 263 g/mol. The Morgan fingerprint density at radius 2 is 2.26 bits per heavy atom. The van der Waals surface area contributed by atoms with E-state index in [2.05, 4.69) is 15.0 Å². The average molecular weight is 263 g/mol. The van der Waals surface area contributed by atoms with Crippen molar-refractivity contribution in [2.45, 2.75) is 13.1 Å². The molecule has 0 unspecified atom stereocenters. The smallest absolute Gasteiger partial charge is 0.328 e. The predicted octanol–water partition coefficient (Wildman–Crippen LogP) is -1.08. The SMILES string of the molecule is CN(Cc1ncc[nH]1)C(=O)Cn1ccc(=O)[nH]c1=O. The van der Waals surface area contributed by atoms with Crippen LogP contribution in [-0.4, -0.2) is 37.4 Å². The first kappa shape index (κ1) is 12.8. The highest BCUT2D eigenvalue weighted by Crippen LogP contribution is 1.97. The van der Waals surface area contributed by atoms with Crippen LogP contribution in [0.4, 0.5) is 0 Å². The number of nitrogens with one attached hydrogen (secondary N) is 2. The Hall–Kier alpha value is -2.64. The molecule has 8 heteroatoms. The Kier molecular flexibility index (Phi) is 3.60. The minimum Gasteiger partial charge on any atom is -0.347 e. The molecule has 1 amide bonds. The highest BCUT2D eigenvalue weighted by atomic mass is 16.2. The molecule has 0 spiro atoms. The Bertz CT molecular complexity index is 670. The standard InChI is InChI=1S/C11H13N5O3/c1-15(6-8-12-3-4-13-8)10(18)7-16-5-2-9(17)14-11(16)19/h2-5H,6-7H2,1H3,(H,12,13)(H,14,17,19). The van der Waals surface area contributed by atoms with Crippen LogP contribution in [0.25, 0.3) is 0 Å². The van der Waals surface area contributed by atoms with Gasteiger partial charge in [-0.1, -0.05) is 0 Å². The van der Waals surface area contributed by atoms with Gasteiger partial charge in [-0.25, -0.2) is 9.78 Å². The van der Waals surface area contributed by atoms with Gasteiger partial charge in [0, 0.05) is 31.7 Å². The highest BCUT2D eigenvalue weighted by molar-refractivity contribution is 5.75. The third-order valence-corrected chi connectivity index (χ3v) is 2.57. The molecule has 0 aliphatic rings. The van der Waals surface area contributed by atoms with Crippen molar-refractivity contribution >= 4 is 5.91 Å². The average Bonchev–Trinajstić information content (AvgIpc) is 2.85. The number of hydrogen-bond donors (Lipinski definition) is 2. The minimum atomic E-state index is -0.604. The van der Waals surface area contributed by atoms with Crippen LogP contribution in [0.1, 0.15) is 5.82 Å². The van der Waals surface area contributed by atoms with Crippen LogP contribution in [0, 0.1) is 0 Å². The number of likely N-dealkylation sites (N-methyl/N-ethyl adjacent to an activating group) is 1. The number of imidazole rings is 1. The van der Waals surface area contributed by atoms with Crippen molar-refractivity contribution < 1.29 is 4.79 Å². The topological polar surface area (TPSA) is 104 Å². The van der Waals surface area contributed by atoms with Crippen LogP contribution < -0.4 is 11.2 Å². The van der Waals surface area contributed by atoms with E-state index < -0.39 is 11.2 Å². The van der Waals surface area contributed by atoms with Crippen molar-refractivity contribution in [2.24, 2.45) is 0 Å². The molecular weight excluding hydrogens is 250 g/mol. The fourth-order valence-corrected chi connectivity index (χ4v) is 1.53. The molecular formula is C11H13N5O3. The van der Waals surface area contributed by atoms with E-state index in [1.165, 1.54) is 17.2 Å². The van der Waals surface area contributed by atoms with E-state index in [4.69, 9.17) is 0 Å². The van der Waals surface area contributed by atoms with Gasteiger partial charge in [0.15, 0.2) is 0 Å². The van der Waals surface area contributed by atoms with Crippen LogP contribution in [0.3, 0.4) is 0 Å². The number of H-pyrrole nitrogens is 2. The van der Waals surface area contributed by atoms with E-state index in [0.717, 1.165) is 4.57 Å². The second kappa shape index (κ2) is 5.34. The van der Waals surface area contributed by atoms with Gasteiger partial charge in [0.05, 0.1) is 6.54 Å². The third-order valence-electron chi connectivity index (χ3n) is 2.57. The summed E-state index contributed by atoms with van der Waals surface area (Å²) in [5.74, 6) is 0.398. The van der Waals surface area contributed by atoms with Gasteiger partial charge >= 0.3 is 5.69 Å². The Morgan fingerprint density at radius 3 is 2.89 bits per heavy atom. The van der Waals surface area contributed by atoms with Crippen molar-refractivity contribution in [2.75, 3.05) is 7.05 Å². The first-order valence-electron chi connectivity index (χ1n) is 5.58. The number of nitrogens with zero attached hydrogens (tertiary/aromatic N) is 3. The maximum Gasteiger partial charge on any atom is 0.328 e. The molecule has 0 atom stereocenters. The summed E-state index contributed by atoms with van der Waals surface area (Å²) in [7, 11) is 1.61.